The van der Waals surface area contributed by atoms with Crippen LogP contribution in [0.1, 0.15) is 25.7 Å². The lowest BCUT2D eigenvalue weighted by Gasteiger charge is -2.06. The molecule has 0 aliphatic heterocycles. The molecule has 0 atom stereocenters. The van der Waals surface area contributed by atoms with Crippen LogP contribution in [0.15, 0.2) is 0 Å². The lowest BCUT2D eigenvalue weighted by molar-refractivity contribution is 0.487. The van der Waals surface area contributed by atoms with Gasteiger partial charge in [-0.15, -0.1) is 5.10 Å². The predicted octanol–water partition coefficient (Wildman–Crippen LogP) is -0.0266. The van der Waals surface area contributed by atoms with Crippen LogP contribution < -0.4 is 5.32 Å². The monoisotopic (exact) mass is 155 g/mol. The van der Waals surface area contributed by atoms with E-state index < -0.39 is 0 Å². The highest BCUT2D eigenvalue weighted by Gasteiger charge is 2.06. The summed E-state index contributed by atoms with van der Waals surface area (Å²) in [5, 5.41) is 14.3. The lowest BCUT2D eigenvalue weighted by Crippen LogP contribution is -2.14. The van der Waals surface area contributed by atoms with Crippen LogP contribution in [-0.4, -0.2) is 27.3 Å². The standard InChI is InChI=1S/C6H13N5/c1-5(2)11-6(4-7-3)8-9-10-11/h5,7H,4H2,1-3H3. The molecule has 5 nitrogen and oxygen atoms in total. The molecule has 11 heavy (non-hydrogen) atoms. The molecule has 0 unspecified atom stereocenters. The van der Waals surface area contributed by atoms with Crippen LogP contribution in [-0.2, 0) is 6.54 Å². The zero-order valence-electron chi connectivity index (χ0n) is 7.07. The molecule has 0 bridgehead atoms. The average molecular weight is 155 g/mol. The fourth-order valence-corrected chi connectivity index (χ4v) is 0.888. The third-order valence-corrected chi connectivity index (χ3v) is 1.38. The van der Waals surface area contributed by atoms with Gasteiger partial charge in [0.15, 0.2) is 5.82 Å². The fraction of sp³-hybridized carbons (Fsp3) is 0.833. The Labute approximate surface area is 65.8 Å². The molecule has 0 radical (unpaired) electrons. The van der Waals surface area contributed by atoms with Gasteiger partial charge in [0.25, 0.3) is 0 Å². The Kier molecular flexibility index (Phi) is 2.53. The molecule has 1 N–H and O–H groups in total. The molecule has 0 aliphatic carbocycles. The zero-order chi connectivity index (χ0) is 8.27. The van der Waals surface area contributed by atoms with Gasteiger partial charge in [0.1, 0.15) is 0 Å². The van der Waals surface area contributed by atoms with Crippen LogP contribution in [0.3, 0.4) is 0 Å². The lowest BCUT2D eigenvalue weighted by atomic mass is 10.4. The maximum absolute atomic E-state index is 3.87. The predicted molar refractivity (Wildman–Crippen MR) is 41.0 cm³/mol. The molecule has 62 valence electrons. The number of tetrazole rings is 1. The molecular weight excluding hydrogens is 142 g/mol. The van der Waals surface area contributed by atoms with Crippen molar-refractivity contribution in [3.63, 3.8) is 0 Å². The van der Waals surface area contributed by atoms with E-state index in [9.17, 15) is 0 Å². The summed E-state index contributed by atoms with van der Waals surface area (Å²) >= 11 is 0. The highest BCUT2D eigenvalue weighted by Crippen LogP contribution is 2.02. The molecule has 5 heteroatoms. The second-order valence-corrected chi connectivity index (χ2v) is 2.66. The van der Waals surface area contributed by atoms with Crippen molar-refractivity contribution in [3.8, 4) is 0 Å². The largest absolute Gasteiger partial charge is 0.313 e. The smallest absolute Gasteiger partial charge is 0.165 e. The number of hydrogen-bond donors (Lipinski definition) is 1. The van der Waals surface area contributed by atoms with E-state index in [1.165, 1.54) is 0 Å². The van der Waals surface area contributed by atoms with E-state index in [2.05, 4.69) is 34.7 Å². The third kappa shape index (κ3) is 1.74. The summed E-state index contributed by atoms with van der Waals surface area (Å²) in [5.41, 5.74) is 0. The van der Waals surface area contributed by atoms with Crippen molar-refractivity contribution in [3.05, 3.63) is 5.82 Å². The number of nitrogens with zero attached hydrogens (tertiary/aromatic N) is 4. The minimum Gasteiger partial charge on any atom is -0.313 e. The normalized spacial score (nSPS) is 10.9. The first-order valence-electron chi connectivity index (χ1n) is 3.67. The van der Waals surface area contributed by atoms with Gasteiger partial charge in [0.05, 0.1) is 12.6 Å². The molecule has 1 rings (SSSR count). The molecule has 0 aliphatic rings. The van der Waals surface area contributed by atoms with Gasteiger partial charge in [0, 0.05) is 0 Å². The molecule has 1 aromatic heterocycles. The molecule has 0 saturated heterocycles. The van der Waals surface area contributed by atoms with Gasteiger partial charge >= 0.3 is 0 Å². The van der Waals surface area contributed by atoms with E-state index in [0.717, 1.165) is 5.82 Å². The second-order valence-electron chi connectivity index (χ2n) is 2.66. The van der Waals surface area contributed by atoms with Crippen molar-refractivity contribution in [1.29, 1.82) is 0 Å². The average Bonchev–Trinajstić information content (AvgIpc) is 2.36. The first-order chi connectivity index (χ1) is 5.25. The first kappa shape index (κ1) is 8.13. The van der Waals surface area contributed by atoms with Crippen molar-refractivity contribution >= 4 is 0 Å². The van der Waals surface area contributed by atoms with Crippen LogP contribution in [0.5, 0.6) is 0 Å². The number of nitrogens with one attached hydrogen (secondary N) is 1. The van der Waals surface area contributed by atoms with Gasteiger partial charge in [-0.2, -0.15) is 0 Å². The SMILES string of the molecule is CNCc1nnnn1C(C)C. The Bertz CT molecular complexity index is 217. The summed E-state index contributed by atoms with van der Waals surface area (Å²) in [5.74, 6) is 0.877. The fourth-order valence-electron chi connectivity index (χ4n) is 0.888. The molecular formula is C6H13N5. The second kappa shape index (κ2) is 3.43. The molecule has 1 heterocycles. The summed E-state index contributed by atoms with van der Waals surface area (Å²) in [6.45, 7) is 4.82. The molecule has 1 aromatic rings. The minimum absolute atomic E-state index is 0.327. The van der Waals surface area contributed by atoms with E-state index in [0.29, 0.717) is 12.6 Å². The Morgan fingerprint density at radius 2 is 2.27 bits per heavy atom. The topological polar surface area (TPSA) is 55.6 Å². The maximum atomic E-state index is 3.87. The van der Waals surface area contributed by atoms with Gasteiger partial charge in [-0.3, -0.25) is 0 Å². The maximum Gasteiger partial charge on any atom is 0.165 e. The van der Waals surface area contributed by atoms with Crippen LogP contribution in [0.25, 0.3) is 0 Å². The van der Waals surface area contributed by atoms with Gasteiger partial charge < -0.3 is 5.32 Å². The summed E-state index contributed by atoms with van der Waals surface area (Å²) < 4.78 is 1.80. The Balaban J connectivity index is 2.78. The quantitative estimate of drug-likeness (QED) is 0.666. The Morgan fingerprint density at radius 1 is 1.55 bits per heavy atom. The van der Waals surface area contributed by atoms with Crippen molar-refractivity contribution in [1.82, 2.24) is 25.5 Å². The van der Waals surface area contributed by atoms with Crippen molar-refractivity contribution in [2.45, 2.75) is 26.4 Å². The first-order valence-corrected chi connectivity index (χ1v) is 3.67. The van der Waals surface area contributed by atoms with E-state index in [1.54, 1.807) is 4.68 Å². The van der Waals surface area contributed by atoms with Gasteiger partial charge in [-0.1, -0.05) is 0 Å². The van der Waals surface area contributed by atoms with Gasteiger partial charge in [-0.25, -0.2) is 4.68 Å². The Hall–Kier alpha value is -0.970. The molecule has 0 aromatic carbocycles. The van der Waals surface area contributed by atoms with Crippen molar-refractivity contribution in [2.75, 3.05) is 7.05 Å². The van der Waals surface area contributed by atoms with Gasteiger partial charge in [-0.05, 0) is 31.3 Å². The van der Waals surface area contributed by atoms with Crippen LogP contribution >= 0.6 is 0 Å². The van der Waals surface area contributed by atoms with Crippen LogP contribution in [0, 0.1) is 0 Å². The molecule has 0 spiro atoms. The molecule has 0 amide bonds. The number of hydrogen-bond acceptors (Lipinski definition) is 4. The summed E-state index contributed by atoms with van der Waals surface area (Å²) in [6.07, 6.45) is 0. The summed E-state index contributed by atoms with van der Waals surface area (Å²) in [6, 6.07) is 0.327. The summed E-state index contributed by atoms with van der Waals surface area (Å²) in [7, 11) is 1.87. The summed E-state index contributed by atoms with van der Waals surface area (Å²) in [4.78, 5) is 0. The van der Waals surface area contributed by atoms with E-state index in [1.807, 2.05) is 7.05 Å². The van der Waals surface area contributed by atoms with Crippen LogP contribution in [0.2, 0.25) is 0 Å². The van der Waals surface area contributed by atoms with Gasteiger partial charge in [0.2, 0.25) is 0 Å². The highest BCUT2D eigenvalue weighted by molar-refractivity contribution is 4.80. The van der Waals surface area contributed by atoms with Crippen LogP contribution in [0.4, 0.5) is 0 Å². The Morgan fingerprint density at radius 3 is 2.82 bits per heavy atom. The van der Waals surface area contributed by atoms with Crippen molar-refractivity contribution in [2.24, 2.45) is 0 Å². The van der Waals surface area contributed by atoms with E-state index in [4.69, 9.17) is 0 Å². The number of aromatic nitrogens is 4. The molecule has 0 fully saturated rings. The zero-order valence-corrected chi connectivity index (χ0v) is 7.07. The third-order valence-electron chi connectivity index (χ3n) is 1.38. The minimum atomic E-state index is 0.327. The van der Waals surface area contributed by atoms with E-state index in [-0.39, 0.29) is 0 Å². The highest BCUT2D eigenvalue weighted by atomic mass is 15.5. The number of rotatable bonds is 3. The van der Waals surface area contributed by atoms with Crippen molar-refractivity contribution < 1.29 is 0 Å². The van der Waals surface area contributed by atoms with E-state index >= 15 is 0 Å². The molecule has 0 saturated carbocycles.